The first-order valence-electron chi connectivity index (χ1n) is 9.57. The molecule has 26 heavy (non-hydrogen) atoms. The molecule has 0 amide bonds. The molecule has 0 saturated carbocycles. The average molecular weight is 364 g/mol. The molecule has 1 atom stereocenters. The summed E-state index contributed by atoms with van der Waals surface area (Å²) in [6.45, 7) is 9.27. The minimum Gasteiger partial charge on any atom is -0.396 e. The fourth-order valence-corrected chi connectivity index (χ4v) is 3.06. The first-order chi connectivity index (χ1) is 12.7. The van der Waals surface area contributed by atoms with Crippen molar-refractivity contribution in [1.29, 1.82) is 0 Å². The Bertz CT molecular complexity index is 540. The highest BCUT2D eigenvalue weighted by molar-refractivity contribution is 5.79. The zero-order valence-electron chi connectivity index (χ0n) is 16.1. The molecule has 1 heterocycles. The van der Waals surface area contributed by atoms with Gasteiger partial charge in [-0.05, 0) is 37.8 Å². The Labute approximate surface area is 157 Å². The molecule has 0 aliphatic carbocycles. The Morgan fingerprint density at radius 2 is 2.00 bits per heavy atom. The van der Waals surface area contributed by atoms with Crippen LogP contribution in [-0.2, 0) is 22.6 Å². The highest BCUT2D eigenvalue weighted by atomic mass is 16.5. The minimum absolute atomic E-state index is 0.00582. The van der Waals surface area contributed by atoms with Gasteiger partial charge in [-0.25, -0.2) is 4.99 Å². The molecular weight excluding hydrogens is 330 g/mol. The largest absolute Gasteiger partial charge is 0.396 e. The lowest BCUT2D eigenvalue weighted by molar-refractivity contribution is 0.127. The summed E-state index contributed by atoms with van der Waals surface area (Å²) in [7, 11) is 0. The lowest BCUT2D eigenvalue weighted by Crippen LogP contribution is -2.44. The predicted molar refractivity (Wildman–Crippen MR) is 104 cm³/mol. The van der Waals surface area contributed by atoms with E-state index in [1.54, 1.807) is 0 Å². The van der Waals surface area contributed by atoms with E-state index in [1.165, 1.54) is 5.56 Å². The van der Waals surface area contributed by atoms with Gasteiger partial charge in [-0.2, -0.15) is 0 Å². The number of ether oxygens (including phenoxy) is 2. The molecule has 1 unspecified atom stereocenters. The molecule has 3 N–H and O–H groups in total. The molecule has 1 aromatic carbocycles. The molecule has 6 heteroatoms. The van der Waals surface area contributed by atoms with E-state index >= 15 is 0 Å². The summed E-state index contributed by atoms with van der Waals surface area (Å²) in [6, 6.07) is 8.37. The van der Waals surface area contributed by atoms with Gasteiger partial charge in [0.25, 0.3) is 0 Å². The molecule has 1 aliphatic rings. The van der Waals surface area contributed by atoms with Crippen LogP contribution in [0.2, 0.25) is 0 Å². The summed E-state index contributed by atoms with van der Waals surface area (Å²) in [6.07, 6.45) is 1.72. The molecule has 1 saturated heterocycles. The van der Waals surface area contributed by atoms with Crippen molar-refractivity contribution in [3.63, 3.8) is 0 Å². The lowest BCUT2D eigenvalue weighted by Gasteiger charge is -2.27. The van der Waals surface area contributed by atoms with Crippen LogP contribution in [0.1, 0.15) is 37.8 Å². The van der Waals surface area contributed by atoms with E-state index in [2.05, 4.69) is 46.8 Å². The second-order valence-electron chi connectivity index (χ2n) is 6.78. The number of rotatable bonds is 10. The number of aliphatic hydroxyl groups is 1. The van der Waals surface area contributed by atoms with Crippen molar-refractivity contribution in [3.8, 4) is 0 Å². The molecule has 1 aliphatic heterocycles. The van der Waals surface area contributed by atoms with E-state index in [9.17, 15) is 5.11 Å². The quantitative estimate of drug-likeness (QED) is 0.438. The maximum atomic E-state index is 9.35. The van der Waals surface area contributed by atoms with Gasteiger partial charge >= 0.3 is 0 Å². The third-order valence-corrected chi connectivity index (χ3v) is 4.72. The Morgan fingerprint density at radius 1 is 1.23 bits per heavy atom. The Kier molecular flexibility index (Phi) is 8.88. The van der Waals surface area contributed by atoms with Gasteiger partial charge in [-0.15, -0.1) is 0 Å². The molecule has 0 aromatic heterocycles. The van der Waals surface area contributed by atoms with Crippen molar-refractivity contribution in [2.75, 3.05) is 39.5 Å². The van der Waals surface area contributed by atoms with Crippen LogP contribution >= 0.6 is 0 Å². The number of nitrogens with zero attached hydrogens (tertiary/aromatic N) is 1. The Balaban J connectivity index is 1.91. The van der Waals surface area contributed by atoms with Gasteiger partial charge in [-0.1, -0.05) is 24.3 Å². The molecule has 0 radical (unpaired) electrons. The molecular formula is C20H33N3O3. The van der Waals surface area contributed by atoms with Gasteiger partial charge in [0.15, 0.2) is 5.96 Å². The molecule has 6 nitrogen and oxygen atoms in total. The summed E-state index contributed by atoms with van der Waals surface area (Å²) in [5.41, 5.74) is 2.35. The fraction of sp³-hybridized carbons (Fsp3) is 0.650. The fourth-order valence-electron chi connectivity index (χ4n) is 3.06. The third-order valence-electron chi connectivity index (χ3n) is 4.72. The Morgan fingerprint density at radius 3 is 2.62 bits per heavy atom. The van der Waals surface area contributed by atoms with Crippen LogP contribution < -0.4 is 10.6 Å². The van der Waals surface area contributed by atoms with Crippen LogP contribution in [0.5, 0.6) is 0 Å². The first kappa shape index (κ1) is 20.7. The van der Waals surface area contributed by atoms with Crippen molar-refractivity contribution in [2.24, 2.45) is 10.4 Å². The molecule has 0 bridgehead atoms. The van der Waals surface area contributed by atoms with Gasteiger partial charge in [0.05, 0.1) is 19.8 Å². The lowest BCUT2D eigenvalue weighted by atomic mass is 9.84. The van der Waals surface area contributed by atoms with Crippen LogP contribution in [0.4, 0.5) is 0 Å². The first-order valence-corrected chi connectivity index (χ1v) is 9.57. The van der Waals surface area contributed by atoms with E-state index < -0.39 is 0 Å². The molecule has 1 aromatic rings. The summed E-state index contributed by atoms with van der Waals surface area (Å²) < 4.78 is 11.0. The second kappa shape index (κ2) is 11.2. The number of nitrogens with one attached hydrogen (secondary N) is 2. The minimum atomic E-state index is 0.00582. The van der Waals surface area contributed by atoms with E-state index in [0.717, 1.165) is 50.7 Å². The van der Waals surface area contributed by atoms with Gasteiger partial charge < -0.3 is 25.2 Å². The second-order valence-corrected chi connectivity index (χ2v) is 6.78. The molecule has 2 rings (SSSR count). The number of guanidine groups is 1. The van der Waals surface area contributed by atoms with Crippen LogP contribution in [0.15, 0.2) is 29.3 Å². The van der Waals surface area contributed by atoms with Crippen molar-refractivity contribution in [3.05, 3.63) is 35.4 Å². The van der Waals surface area contributed by atoms with Gasteiger partial charge in [-0.3, -0.25) is 0 Å². The standard InChI is InChI=1S/C20H33N3O3/c1-3-21-19(23-15-20(9-11-24)10-12-26-16-20)22-13-17-5-7-18(8-6-17)14-25-4-2/h5-8,24H,3-4,9-16H2,1-2H3,(H2,21,22,23). The van der Waals surface area contributed by atoms with Crippen molar-refractivity contribution < 1.29 is 14.6 Å². The number of aliphatic imine (C=N–C) groups is 1. The maximum absolute atomic E-state index is 9.35. The molecule has 146 valence electrons. The third kappa shape index (κ3) is 6.59. The summed E-state index contributed by atoms with van der Waals surface area (Å²) in [5, 5.41) is 16.1. The Hall–Kier alpha value is -1.63. The SMILES string of the molecule is CCNC(=NCc1ccc(COCC)cc1)NCC1(CCO)CCOC1. The summed E-state index contributed by atoms with van der Waals surface area (Å²) in [4.78, 5) is 4.69. The van der Waals surface area contributed by atoms with Gasteiger partial charge in [0.1, 0.15) is 0 Å². The number of aliphatic hydroxyl groups excluding tert-OH is 1. The topological polar surface area (TPSA) is 75.1 Å². The number of benzene rings is 1. The maximum Gasteiger partial charge on any atom is 0.191 e. The van der Waals surface area contributed by atoms with Gasteiger partial charge in [0.2, 0.25) is 0 Å². The summed E-state index contributed by atoms with van der Waals surface area (Å²) in [5.74, 6) is 0.801. The zero-order valence-corrected chi connectivity index (χ0v) is 16.1. The van der Waals surface area contributed by atoms with Crippen LogP contribution in [0, 0.1) is 5.41 Å². The molecule has 1 fully saturated rings. The van der Waals surface area contributed by atoms with Crippen LogP contribution in [0.3, 0.4) is 0 Å². The van der Waals surface area contributed by atoms with Crippen LogP contribution in [0.25, 0.3) is 0 Å². The van der Waals surface area contributed by atoms with Crippen molar-refractivity contribution in [1.82, 2.24) is 10.6 Å². The number of hydrogen-bond acceptors (Lipinski definition) is 4. The predicted octanol–water partition coefficient (Wildman–Crippen LogP) is 2.07. The van der Waals surface area contributed by atoms with E-state index in [1.807, 2.05) is 6.92 Å². The van der Waals surface area contributed by atoms with Crippen LogP contribution in [-0.4, -0.2) is 50.6 Å². The molecule has 0 spiro atoms. The van der Waals surface area contributed by atoms with Crippen molar-refractivity contribution in [2.45, 2.75) is 39.8 Å². The average Bonchev–Trinajstić information content (AvgIpc) is 3.12. The highest BCUT2D eigenvalue weighted by Gasteiger charge is 2.34. The van der Waals surface area contributed by atoms with E-state index in [4.69, 9.17) is 9.47 Å². The van der Waals surface area contributed by atoms with Crippen molar-refractivity contribution >= 4 is 5.96 Å². The zero-order chi connectivity index (χ0) is 18.7. The number of hydrogen-bond donors (Lipinski definition) is 3. The normalized spacial score (nSPS) is 20.3. The highest BCUT2D eigenvalue weighted by Crippen LogP contribution is 2.31. The van der Waals surface area contributed by atoms with E-state index in [-0.39, 0.29) is 12.0 Å². The van der Waals surface area contributed by atoms with Gasteiger partial charge in [0, 0.05) is 38.3 Å². The van der Waals surface area contributed by atoms with E-state index in [0.29, 0.717) is 19.8 Å². The monoisotopic (exact) mass is 363 g/mol. The summed E-state index contributed by atoms with van der Waals surface area (Å²) >= 11 is 0. The smallest absolute Gasteiger partial charge is 0.191 e.